The number of carbonyl (C=O) groups excluding carboxylic acids is 1. The Hall–Kier alpha value is -2.91. The van der Waals surface area contributed by atoms with Crippen molar-refractivity contribution >= 4 is 12.0 Å². The maximum absolute atomic E-state index is 13.2. The molecule has 1 aliphatic rings. The number of hydrogen-bond donors (Lipinski definition) is 0. The second kappa shape index (κ2) is 10.9. The van der Waals surface area contributed by atoms with Crippen molar-refractivity contribution in [2.45, 2.75) is 58.5 Å². The molecule has 0 aromatic carbocycles. The lowest BCUT2D eigenvalue weighted by Crippen LogP contribution is -2.34. The largest absolute Gasteiger partial charge is 0.383 e. The van der Waals surface area contributed by atoms with Crippen LogP contribution in [0.4, 0.5) is 0 Å². The highest BCUT2D eigenvalue weighted by Crippen LogP contribution is 2.32. The number of aryl methyl sites for hydroxylation is 1. The lowest BCUT2D eigenvalue weighted by atomic mass is 9.95. The van der Waals surface area contributed by atoms with Crippen LogP contribution in [-0.2, 0) is 16.1 Å². The summed E-state index contributed by atoms with van der Waals surface area (Å²) in [5, 5.41) is 9.80. The lowest BCUT2D eigenvalue weighted by molar-refractivity contribution is -0.127. The first-order valence-corrected chi connectivity index (χ1v) is 11.0. The highest BCUT2D eigenvalue weighted by molar-refractivity contribution is 6.01. The highest BCUT2D eigenvalue weighted by atomic mass is 16.5. The van der Waals surface area contributed by atoms with E-state index in [-0.39, 0.29) is 11.5 Å². The van der Waals surface area contributed by atoms with Crippen molar-refractivity contribution in [2.24, 2.45) is 0 Å². The molecule has 0 N–H and O–H groups in total. The molecular formula is C25H32N4O2. The van der Waals surface area contributed by atoms with Gasteiger partial charge in [-0.25, -0.2) is 0 Å². The molecule has 2 aromatic rings. The van der Waals surface area contributed by atoms with Crippen LogP contribution in [-0.4, -0.2) is 40.6 Å². The van der Waals surface area contributed by atoms with Crippen LogP contribution in [0.3, 0.4) is 0 Å². The number of nitrogens with zero attached hydrogens (tertiary/aromatic N) is 4. The second-order valence-electron chi connectivity index (χ2n) is 8.24. The number of carbonyl (C=O) groups is 1. The molecule has 0 spiro atoms. The van der Waals surface area contributed by atoms with Gasteiger partial charge < -0.3 is 14.2 Å². The summed E-state index contributed by atoms with van der Waals surface area (Å²) in [4.78, 5) is 19.0. The van der Waals surface area contributed by atoms with E-state index >= 15 is 0 Å². The lowest BCUT2D eigenvalue weighted by Gasteiger charge is -2.26. The van der Waals surface area contributed by atoms with Gasteiger partial charge in [-0.3, -0.25) is 9.78 Å². The van der Waals surface area contributed by atoms with Crippen molar-refractivity contribution in [1.82, 2.24) is 14.5 Å². The zero-order chi connectivity index (χ0) is 22.2. The van der Waals surface area contributed by atoms with Gasteiger partial charge in [0.1, 0.15) is 11.6 Å². The minimum Gasteiger partial charge on any atom is -0.383 e. The average Bonchev–Trinajstić information content (AvgIpc) is 3.08. The van der Waals surface area contributed by atoms with Gasteiger partial charge in [0, 0.05) is 50.0 Å². The molecule has 6 nitrogen and oxygen atoms in total. The summed E-state index contributed by atoms with van der Waals surface area (Å²) in [6, 6.07) is 8.51. The molecule has 2 aromatic heterocycles. The number of hydrogen-bond acceptors (Lipinski definition) is 4. The van der Waals surface area contributed by atoms with Crippen LogP contribution >= 0.6 is 0 Å². The predicted molar refractivity (Wildman–Crippen MR) is 121 cm³/mol. The molecule has 1 fully saturated rings. The maximum atomic E-state index is 13.2. The van der Waals surface area contributed by atoms with Gasteiger partial charge in [-0.1, -0.05) is 25.3 Å². The van der Waals surface area contributed by atoms with Crippen molar-refractivity contribution in [3.8, 4) is 6.07 Å². The number of pyridine rings is 1. The van der Waals surface area contributed by atoms with Gasteiger partial charge >= 0.3 is 0 Å². The van der Waals surface area contributed by atoms with Crippen LogP contribution in [0.25, 0.3) is 6.08 Å². The van der Waals surface area contributed by atoms with E-state index in [0.29, 0.717) is 25.7 Å². The molecule has 31 heavy (non-hydrogen) atoms. The van der Waals surface area contributed by atoms with Crippen molar-refractivity contribution in [3.05, 3.63) is 58.7 Å². The van der Waals surface area contributed by atoms with Crippen molar-refractivity contribution < 1.29 is 9.53 Å². The summed E-state index contributed by atoms with van der Waals surface area (Å²) >= 11 is 0. The summed E-state index contributed by atoms with van der Waals surface area (Å²) in [5.74, 6) is -0.286. The molecule has 0 radical (unpaired) electrons. The number of aromatic nitrogens is 2. The monoisotopic (exact) mass is 420 g/mol. The Bertz CT molecular complexity index is 950. The van der Waals surface area contributed by atoms with E-state index < -0.39 is 0 Å². The smallest absolute Gasteiger partial charge is 0.264 e. The van der Waals surface area contributed by atoms with E-state index in [2.05, 4.69) is 35.5 Å². The number of ether oxygens (including phenoxy) is 1. The van der Waals surface area contributed by atoms with Crippen LogP contribution in [0.1, 0.15) is 60.7 Å². The van der Waals surface area contributed by atoms with Gasteiger partial charge in [-0.15, -0.1) is 0 Å². The normalized spacial score (nSPS) is 15.0. The Labute approximate surface area is 185 Å². The van der Waals surface area contributed by atoms with Crippen molar-refractivity contribution in [2.75, 3.05) is 20.3 Å². The second-order valence-corrected chi connectivity index (χ2v) is 8.24. The third kappa shape index (κ3) is 5.62. The maximum Gasteiger partial charge on any atom is 0.264 e. The predicted octanol–water partition coefficient (Wildman–Crippen LogP) is 4.59. The fourth-order valence-corrected chi connectivity index (χ4v) is 4.48. The molecule has 1 aliphatic carbocycles. The zero-order valence-corrected chi connectivity index (χ0v) is 18.8. The zero-order valence-electron chi connectivity index (χ0n) is 18.8. The molecule has 0 unspecified atom stereocenters. The molecular weight excluding hydrogens is 388 g/mol. The minimum absolute atomic E-state index is 0.142. The molecule has 164 valence electrons. The Morgan fingerprint density at radius 2 is 2.13 bits per heavy atom. The number of nitriles is 1. The van der Waals surface area contributed by atoms with E-state index in [1.54, 1.807) is 30.5 Å². The first-order chi connectivity index (χ1) is 15.0. The first kappa shape index (κ1) is 22.8. The molecule has 3 rings (SSSR count). The SMILES string of the molecule is COCCN(Cc1cccnc1)C(=O)/C(C#N)=C/c1cc(C)n(C2CCCCC2)c1C. The summed E-state index contributed by atoms with van der Waals surface area (Å²) in [7, 11) is 1.61. The van der Waals surface area contributed by atoms with Crippen LogP contribution in [0.5, 0.6) is 0 Å². The topological polar surface area (TPSA) is 71.2 Å². The minimum atomic E-state index is -0.286. The Morgan fingerprint density at radius 1 is 1.35 bits per heavy atom. The third-order valence-corrected chi connectivity index (χ3v) is 6.06. The average molecular weight is 421 g/mol. The molecule has 0 bridgehead atoms. The van der Waals surface area contributed by atoms with Gasteiger partial charge in [0.15, 0.2) is 0 Å². The van der Waals surface area contributed by atoms with Crippen LogP contribution in [0.15, 0.2) is 36.2 Å². The van der Waals surface area contributed by atoms with Crippen LogP contribution in [0.2, 0.25) is 0 Å². The molecule has 1 amide bonds. The number of methoxy groups -OCH3 is 1. The van der Waals surface area contributed by atoms with E-state index in [4.69, 9.17) is 4.74 Å². The molecule has 6 heteroatoms. The number of amides is 1. The standard InChI is InChI=1S/C25H32N4O2/c1-19-14-22(20(2)29(19)24-9-5-4-6-10-24)15-23(16-26)25(30)28(12-13-31-3)18-21-8-7-11-27-17-21/h7-8,11,14-15,17,24H,4-6,9-10,12-13,18H2,1-3H3/b23-15+. The fourth-order valence-electron chi connectivity index (χ4n) is 4.48. The van der Waals surface area contributed by atoms with Crippen LogP contribution < -0.4 is 0 Å². The van der Waals surface area contributed by atoms with Gasteiger partial charge in [-0.2, -0.15) is 5.26 Å². The summed E-state index contributed by atoms with van der Waals surface area (Å²) in [6.07, 6.45) is 11.4. The molecule has 0 aliphatic heterocycles. The summed E-state index contributed by atoms with van der Waals surface area (Å²) in [5.41, 5.74) is 4.32. The van der Waals surface area contributed by atoms with Crippen molar-refractivity contribution in [1.29, 1.82) is 5.26 Å². The number of rotatable bonds is 8. The van der Waals surface area contributed by atoms with Gasteiger partial charge in [0.05, 0.1) is 6.61 Å². The van der Waals surface area contributed by atoms with Crippen LogP contribution in [0, 0.1) is 25.2 Å². The van der Waals surface area contributed by atoms with E-state index in [9.17, 15) is 10.1 Å². The molecule has 1 saturated carbocycles. The molecule has 2 heterocycles. The molecule has 0 saturated heterocycles. The summed E-state index contributed by atoms with van der Waals surface area (Å²) in [6.45, 7) is 5.40. The quantitative estimate of drug-likeness (QED) is 0.463. The van der Waals surface area contributed by atoms with Gasteiger partial charge in [0.25, 0.3) is 5.91 Å². The van der Waals surface area contributed by atoms with Gasteiger partial charge in [-0.05, 0) is 56.0 Å². The first-order valence-electron chi connectivity index (χ1n) is 11.0. The van der Waals surface area contributed by atoms with Crippen molar-refractivity contribution in [3.63, 3.8) is 0 Å². The van der Waals surface area contributed by atoms with E-state index in [1.807, 2.05) is 12.1 Å². The molecule has 0 atom stereocenters. The third-order valence-electron chi connectivity index (χ3n) is 6.06. The van der Waals surface area contributed by atoms with Gasteiger partial charge in [0.2, 0.25) is 0 Å². The fraction of sp³-hybridized carbons (Fsp3) is 0.480. The Kier molecular flexibility index (Phi) is 8.02. The Balaban J connectivity index is 1.86. The Morgan fingerprint density at radius 3 is 2.77 bits per heavy atom. The van der Waals surface area contributed by atoms with E-state index in [1.165, 1.54) is 37.8 Å². The van der Waals surface area contributed by atoms with E-state index in [0.717, 1.165) is 16.8 Å². The summed E-state index contributed by atoms with van der Waals surface area (Å²) < 4.78 is 7.57. The highest BCUT2D eigenvalue weighted by Gasteiger charge is 2.22.